The first-order chi connectivity index (χ1) is 9.17. The third kappa shape index (κ3) is 2.93. The van der Waals surface area contributed by atoms with Crippen LogP contribution in [-0.4, -0.2) is 28.5 Å². The Morgan fingerprint density at radius 1 is 1.37 bits per heavy atom. The predicted molar refractivity (Wildman–Crippen MR) is 71.6 cm³/mol. The molecule has 6 heteroatoms. The molecule has 4 nitrogen and oxygen atoms in total. The smallest absolute Gasteiger partial charge is 0.164 e. The van der Waals surface area contributed by atoms with Crippen LogP contribution in [0.4, 0.5) is 4.39 Å². The van der Waals surface area contributed by atoms with Crippen LogP contribution in [0.25, 0.3) is 11.4 Å². The largest absolute Gasteiger partial charge is 0.383 e. The SMILES string of the molecule is COCCn1c(CCl)nnc1-c1ccc(C)c(F)c1. The molecule has 19 heavy (non-hydrogen) atoms. The lowest BCUT2D eigenvalue weighted by atomic mass is 10.1. The Labute approximate surface area is 116 Å². The van der Waals surface area contributed by atoms with Crippen LogP contribution in [0.2, 0.25) is 0 Å². The number of hydrogen-bond donors (Lipinski definition) is 0. The summed E-state index contributed by atoms with van der Waals surface area (Å²) >= 11 is 5.83. The first-order valence-corrected chi connectivity index (χ1v) is 6.44. The van der Waals surface area contributed by atoms with Crippen LogP contribution in [0.5, 0.6) is 0 Å². The Morgan fingerprint density at radius 3 is 2.79 bits per heavy atom. The minimum Gasteiger partial charge on any atom is -0.383 e. The minimum absolute atomic E-state index is 0.255. The van der Waals surface area contributed by atoms with E-state index in [9.17, 15) is 4.39 Å². The molecule has 2 rings (SSSR count). The average Bonchev–Trinajstić information content (AvgIpc) is 2.82. The monoisotopic (exact) mass is 283 g/mol. The molecular formula is C13H15ClFN3O. The molecular weight excluding hydrogens is 269 g/mol. The van der Waals surface area contributed by atoms with Gasteiger partial charge in [0, 0.05) is 19.2 Å². The molecule has 0 aliphatic carbocycles. The summed E-state index contributed by atoms with van der Waals surface area (Å²) in [5.41, 5.74) is 1.28. The van der Waals surface area contributed by atoms with E-state index in [1.54, 1.807) is 20.1 Å². The van der Waals surface area contributed by atoms with Crippen molar-refractivity contribution in [2.75, 3.05) is 13.7 Å². The van der Waals surface area contributed by atoms with E-state index in [4.69, 9.17) is 16.3 Å². The Bertz CT molecular complexity index is 571. The first-order valence-electron chi connectivity index (χ1n) is 5.91. The lowest BCUT2D eigenvalue weighted by Gasteiger charge is -2.09. The summed E-state index contributed by atoms with van der Waals surface area (Å²) in [6.45, 7) is 2.82. The van der Waals surface area contributed by atoms with E-state index in [2.05, 4.69) is 10.2 Å². The Balaban J connectivity index is 2.42. The zero-order valence-electron chi connectivity index (χ0n) is 10.9. The first kappa shape index (κ1) is 14.0. The second-order valence-electron chi connectivity index (χ2n) is 4.18. The highest BCUT2D eigenvalue weighted by molar-refractivity contribution is 6.16. The maximum Gasteiger partial charge on any atom is 0.164 e. The van der Waals surface area contributed by atoms with E-state index in [-0.39, 0.29) is 11.7 Å². The fourth-order valence-electron chi connectivity index (χ4n) is 1.80. The summed E-state index contributed by atoms with van der Waals surface area (Å²) in [4.78, 5) is 0. The highest BCUT2D eigenvalue weighted by atomic mass is 35.5. The molecule has 2 aromatic rings. The van der Waals surface area contributed by atoms with Crippen molar-refractivity contribution in [2.24, 2.45) is 0 Å². The van der Waals surface area contributed by atoms with E-state index in [0.717, 1.165) is 0 Å². The summed E-state index contributed by atoms with van der Waals surface area (Å²) in [5.74, 6) is 1.25. The molecule has 0 bridgehead atoms. The van der Waals surface area contributed by atoms with Crippen molar-refractivity contribution in [3.63, 3.8) is 0 Å². The number of rotatable bonds is 5. The molecule has 102 valence electrons. The van der Waals surface area contributed by atoms with Crippen LogP contribution in [0.1, 0.15) is 11.4 Å². The normalized spacial score (nSPS) is 10.9. The molecule has 0 unspecified atom stereocenters. The van der Waals surface area contributed by atoms with Crippen LogP contribution in [0.15, 0.2) is 18.2 Å². The topological polar surface area (TPSA) is 39.9 Å². The standard InChI is InChI=1S/C13H15ClFN3O/c1-9-3-4-10(7-11(9)15)13-17-16-12(8-14)18(13)5-6-19-2/h3-4,7H,5-6,8H2,1-2H3. The van der Waals surface area contributed by atoms with E-state index in [1.165, 1.54) is 6.07 Å². The van der Waals surface area contributed by atoms with Gasteiger partial charge in [0.25, 0.3) is 0 Å². The fraction of sp³-hybridized carbons (Fsp3) is 0.385. The molecule has 1 aromatic carbocycles. The molecule has 1 aromatic heterocycles. The molecule has 0 aliphatic heterocycles. The van der Waals surface area contributed by atoms with Crippen LogP contribution in [0.3, 0.4) is 0 Å². The molecule has 0 saturated carbocycles. The number of alkyl halides is 1. The molecule has 0 aliphatic rings. The number of aryl methyl sites for hydroxylation is 1. The van der Waals surface area contributed by atoms with Gasteiger partial charge in [-0.15, -0.1) is 21.8 Å². The van der Waals surface area contributed by atoms with Gasteiger partial charge in [0.1, 0.15) is 11.6 Å². The summed E-state index contributed by atoms with van der Waals surface area (Å²) in [6, 6.07) is 5.00. The number of methoxy groups -OCH3 is 1. The van der Waals surface area contributed by atoms with E-state index < -0.39 is 0 Å². The van der Waals surface area contributed by atoms with Crippen molar-refractivity contribution in [1.29, 1.82) is 0 Å². The van der Waals surface area contributed by atoms with E-state index in [0.29, 0.717) is 35.9 Å². The lowest BCUT2D eigenvalue weighted by Crippen LogP contribution is -2.09. The number of aromatic nitrogens is 3. The highest BCUT2D eigenvalue weighted by Gasteiger charge is 2.14. The molecule has 0 atom stereocenters. The van der Waals surface area contributed by atoms with Gasteiger partial charge in [-0.1, -0.05) is 12.1 Å². The molecule has 0 spiro atoms. The van der Waals surface area contributed by atoms with Crippen molar-refractivity contribution in [2.45, 2.75) is 19.3 Å². The third-order valence-corrected chi connectivity index (χ3v) is 3.14. The summed E-state index contributed by atoms with van der Waals surface area (Å²) < 4.78 is 20.5. The molecule has 0 radical (unpaired) electrons. The average molecular weight is 284 g/mol. The number of hydrogen-bond acceptors (Lipinski definition) is 3. The van der Waals surface area contributed by atoms with Gasteiger partial charge in [0.2, 0.25) is 0 Å². The van der Waals surface area contributed by atoms with Crippen LogP contribution in [0, 0.1) is 12.7 Å². The van der Waals surface area contributed by atoms with Gasteiger partial charge in [-0.2, -0.15) is 0 Å². The predicted octanol–water partition coefficient (Wildman–Crippen LogP) is 2.78. The van der Waals surface area contributed by atoms with Crippen LogP contribution in [-0.2, 0) is 17.2 Å². The van der Waals surface area contributed by atoms with Crippen molar-refractivity contribution in [1.82, 2.24) is 14.8 Å². The quantitative estimate of drug-likeness (QED) is 0.792. The van der Waals surface area contributed by atoms with Crippen LogP contribution < -0.4 is 0 Å². The number of nitrogens with zero attached hydrogens (tertiary/aromatic N) is 3. The lowest BCUT2D eigenvalue weighted by molar-refractivity contribution is 0.187. The van der Waals surface area contributed by atoms with Gasteiger partial charge >= 0.3 is 0 Å². The summed E-state index contributed by atoms with van der Waals surface area (Å²) in [6.07, 6.45) is 0. The zero-order chi connectivity index (χ0) is 13.8. The number of ether oxygens (including phenoxy) is 1. The molecule has 1 heterocycles. The molecule has 0 amide bonds. The van der Waals surface area contributed by atoms with Crippen molar-refractivity contribution in [3.05, 3.63) is 35.4 Å². The number of benzene rings is 1. The molecule has 0 fully saturated rings. The summed E-state index contributed by atoms with van der Waals surface area (Å²) in [5, 5.41) is 8.11. The molecule has 0 saturated heterocycles. The van der Waals surface area contributed by atoms with Gasteiger partial charge in [-0.25, -0.2) is 4.39 Å². The zero-order valence-corrected chi connectivity index (χ0v) is 11.6. The van der Waals surface area contributed by atoms with Gasteiger partial charge in [0.15, 0.2) is 5.82 Å². The van der Waals surface area contributed by atoms with Crippen molar-refractivity contribution < 1.29 is 9.13 Å². The second-order valence-corrected chi connectivity index (χ2v) is 4.45. The third-order valence-electron chi connectivity index (χ3n) is 2.90. The van der Waals surface area contributed by atoms with Crippen molar-refractivity contribution >= 4 is 11.6 Å². The molecule has 0 N–H and O–H groups in total. The van der Waals surface area contributed by atoms with E-state index in [1.807, 2.05) is 10.6 Å². The maximum atomic E-state index is 13.6. The summed E-state index contributed by atoms with van der Waals surface area (Å²) in [7, 11) is 1.62. The van der Waals surface area contributed by atoms with Gasteiger partial charge in [-0.3, -0.25) is 0 Å². The van der Waals surface area contributed by atoms with Gasteiger partial charge in [0.05, 0.1) is 12.5 Å². The number of halogens is 2. The maximum absolute atomic E-state index is 13.6. The van der Waals surface area contributed by atoms with Gasteiger partial charge < -0.3 is 9.30 Å². The Morgan fingerprint density at radius 2 is 2.16 bits per heavy atom. The Kier molecular flexibility index (Phi) is 4.50. The van der Waals surface area contributed by atoms with E-state index >= 15 is 0 Å². The minimum atomic E-state index is -0.258. The van der Waals surface area contributed by atoms with Crippen molar-refractivity contribution in [3.8, 4) is 11.4 Å². The Hall–Kier alpha value is -1.46. The second kappa shape index (κ2) is 6.12. The fourth-order valence-corrected chi connectivity index (χ4v) is 1.99. The van der Waals surface area contributed by atoms with Crippen LogP contribution >= 0.6 is 11.6 Å². The highest BCUT2D eigenvalue weighted by Crippen LogP contribution is 2.21. The van der Waals surface area contributed by atoms with Gasteiger partial charge in [-0.05, 0) is 18.6 Å².